The minimum atomic E-state index is -4.59. The Balaban J connectivity index is 4.16. The lowest BCUT2D eigenvalue weighted by Gasteiger charge is -2.29. The first-order chi connectivity index (χ1) is 27.0. The zero-order valence-corrected chi connectivity index (χ0v) is 38.5. The lowest BCUT2D eigenvalue weighted by atomic mass is 10.0. The smallest absolute Gasteiger partial charge is 0.268 e. The Hall–Kier alpha value is -1.02. The van der Waals surface area contributed by atoms with E-state index in [0.29, 0.717) is 17.4 Å². The topological polar surface area (TPSA) is 108 Å². The Bertz CT molecular complexity index is 969. The molecular formula is C47H93N2O6P. The largest absolute Gasteiger partial charge is 0.756 e. The fourth-order valence-corrected chi connectivity index (χ4v) is 7.60. The predicted octanol–water partition coefficient (Wildman–Crippen LogP) is 12.7. The molecular weight excluding hydrogens is 719 g/mol. The number of phosphoric ester groups is 1. The monoisotopic (exact) mass is 813 g/mol. The van der Waals surface area contributed by atoms with Gasteiger partial charge in [0.15, 0.2) is 0 Å². The maximum Gasteiger partial charge on any atom is 0.268 e. The van der Waals surface area contributed by atoms with E-state index in [9.17, 15) is 19.4 Å². The van der Waals surface area contributed by atoms with Gasteiger partial charge in [0.05, 0.1) is 39.9 Å². The Kier molecular flexibility index (Phi) is 38.7. The zero-order valence-electron chi connectivity index (χ0n) is 37.6. The molecule has 56 heavy (non-hydrogen) atoms. The van der Waals surface area contributed by atoms with Crippen molar-refractivity contribution in [3.8, 4) is 0 Å². The van der Waals surface area contributed by atoms with E-state index in [4.69, 9.17) is 9.05 Å². The second-order valence-electron chi connectivity index (χ2n) is 17.5. The molecule has 0 rings (SSSR count). The lowest BCUT2D eigenvalue weighted by molar-refractivity contribution is -0.870. The molecule has 0 saturated heterocycles. The number of phosphoric acid groups is 1. The number of carbonyl (C=O) groups excluding carboxylic acids is 1. The van der Waals surface area contributed by atoms with Crippen LogP contribution >= 0.6 is 7.82 Å². The van der Waals surface area contributed by atoms with E-state index in [2.05, 4.69) is 31.3 Å². The van der Waals surface area contributed by atoms with Crippen LogP contribution in [0.3, 0.4) is 0 Å². The zero-order chi connectivity index (χ0) is 41.4. The summed E-state index contributed by atoms with van der Waals surface area (Å²) < 4.78 is 23.1. The quantitative estimate of drug-likeness (QED) is 0.0275. The summed E-state index contributed by atoms with van der Waals surface area (Å²) in [5, 5.41) is 13.7. The van der Waals surface area contributed by atoms with E-state index in [-0.39, 0.29) is 19.1 Å². The summed E-state index contributed by atoms with van der Waals surface area (Å²) >= 11 is 0. The van der Waals surface area contributed by atoms with E-state index in [1.165, 1.54) is 161 Å². The average Bonchev–Trinajstić information content (AvgIpc) is 3.15. The Labute approximate surface area is 347 Å². The van der Waals surface area contributed by atoms with Gasteiger partial charge in [-0.3, -0.25) is 9.36 Å². The van der Waals surface area contributed by atoms with Crippen LogP contribution in [0.1, 0.15) is 219 Å². The van der Waals surface area contributed by atoms with Crippen LogP contribution in [0, 0.1) is 0 Å². The summed E-state index contributed by atoms with van der Waals surface area (Å²) in [6.45, 7) is 4.60. The molecule has 0 aromatic carbocycles. The number of aliphatic hydroxyl groups excluding tert-OH is 1. The highest BCUT2D eigenvalue weighted by Crippen LogP contribution is 2.38. The molecule has 0 fully saturated rings. The minimum absolute atomic E-state index is 0.00452. The number of amides is 1. The number of likely N-dealkylation sites (N-methyl/N-ethyl adjacent to an activating group) is 1. The van der Waals surface area contributed by atoms with Gasteiger partial charge in [-0.05, 0) is 32.1 Å². The van der Waals surface area contributed by atoms with Crippen LogP contribution in [0.25, 0.3) is 0 Å². The van der Waals surface area contributed by atoms with Gasteiger partial charge in [0, 0.05) is 6.42 Å². The number of nitrogens with one attached hydrogen (secondary N) is 1. The molecule has 3 unspecified atom stereocenters. The summed E-state index contributed by atoms with van der Waals surface area (Å²) in [6, 6.07) is -0.897. The molecule has 0 aromatic heterocycles. The normalized spacial score (nSPS) is 14.5. The van der Waals surface area contributed by atoms with E-state index < -0.39 is 20.0 Å². The Morgan fingerprint density at radius 3 is 1.45 bits per heavy atom. The highest BCUT2D eigenvalue weighted by atomic mass is 31.2. The summed E-state index contributed by atoms with van der Waals surface area (Å²) in [4.78, 5) is 25.3. The number of allylic oxidation sites excluding steroid dienone is 3. The van der Waals surface area contributed by atoms with Gasteiger partial charge in [-0.15, -0.1) is 0 Å². The Morgan fingerprint density at radius 2 is 1.00 bits per heavy atom. The summed E-state index contributed by atoms with van der Waals surface area (Å²) in [7, 11) is 1.25. The fourth-order valence-electron chi connectivity index (χ4n) is 6.87. The van der Waals surface area contributed by atoms with Gasteiger partial charge in [0.1, 0.15) is 13.2 Å². The van der Waals surface area contributed by atoms with Crippen LogP contribution in [0.2, 0.25) is 0 Å². The minimum Gasteiger partial charge on any atom is -0.756 e. The molecule has 0 radical (unpaired) electrons. The third kappa shape index (κ3) is 41.2. The van der Waals surface area contributed by atoms with Crippen LogP contribution in [-0.4, -0.2) is 68.5 Å². The van der Waals surface area contributed by atoms with Crippen molar-refractivity contribution in [3.05, 3.63) is 24.3 Å². The molecule has 8 nitrogen and oxygen atoms in total. The number of nitrogens with zero attached hydrogens (tertiary/aromatic N) is 1. The first-order valence-corrected chi connectivity index (χ1v) is 25.2. The highest BCUT2D eigenvalue weighted by molar-refractivity contribution is 7.45. The van der Waals surface area contributed by atoms with Crippen LogP contribution in [0.4, 0.5) is 0 Å². The van der Waals surface area contributed by atoms with E-state index in [1.807, 2.05) is 27.2 Å². The maximum atomic E-state index is 12.8. The third-order valence-corrected chi connectivity index (χ3v) is 11.6. The Morgan fingerprint density at radius 1 is 0.607 bits per heavy atom. The average molecular weight is 813 g/mol. The van der Waals surface area contributed by atoms with Gasteiger partial charge in [0.25, 0.3) is 7.82 Å². The van der Waals surface area contributed by atoms with Crippen molar-refractivity contribution in [2.45, 2.75) is 231 Å². The van der Waals surface area contributed by atoms with Crippen molar-refractivity contribution in [3.63, 3.8) is 0 Å². The fraction of sp³-hybridized carbons (Fsp3) is 0.894. The third-order valence-electron chi connectivity index (χ3n) is 10.7. The maximum absolute atomic E-state index is 12.8. The number of quaternary nitrogens is 1. The molecule has 2 N–H and O–H groups in total. The second kappa shape index (κ2) is 39.4. The van der Waals surface area contributed by atoms with Gasteiger partial charge in [-0.25, -0.2) is 0 Å². The molecule has 0 aliphatic heterocycles. The van der Waals surface area contributed by atoms with E-state index in [0.717, 1.165) is 38.5 Å². The number of carbonyl (C=O) groups is 1. The molecule has 0 saturated carbocycles. The van der Waals surface area contributed by atoms with Crippen LogP contribution in [0.15, 0.2) is 24.3 Å². The number of hydrogen-bond donors (Lipinski definition) is 2. The van der Waals surface area contributed by atoms with Gasteiger partial charge in [0.2, 0.25) is 5.91 Å². The molecule has 332 valence electrons. The first kappa shape index (κ1) is 55.0. The molecule has 0 heterocycles. The number of hydrogen-bond acceptors (Lipinski definition) is 6. The van der Waals surface area contributed by atoms with Crippen molar-refractivity contribution in [2.24, 2.45) is 0 Å². The molecule has 0 spiro atoms. The van der Waals surface area contributed by atoms with Gasteiger partial charge >= 0.3 is 0 Å². The molecule has 0 aromatic rings. The number of unbranched alkanes of at least 4 members (excludes halogenated alkanes) is 28. The molecule has 0 aliphatic rings. The van der Waals surface area contributed by atoms with Crippen molar-refractivity contribution in [2.75, 3.05) is 40.9 Å². The van der Waals surface area contributed by atoms with Gasteiger partial charge < -0.3 is 28.8 Å². The summed E-state index contributed by atoms with van der Waals surface area (Å²) in [5.41, 5.74) is 0. The van der Waals surface area contributed by atoms with E-state index >= 15 is 0 Å². The van der Waals surface area contributed by atoms with Crippen molar-refractivity contribution < 1.29 is 32.9 Å². The highest BCUT2D eigenvalue weighted by Gasteiger charge is 2.23. The van der Waals surface area contributed by atoms with Gasteiger partial charge in [-0.2, -0.15) is 0 Å². The number of rotatable bonds is 43. The number of aliphatic hydroxyl groups is 1. The van der Waals surface area contributed by atoms with Crippen molar-refractivity contribution in [1.29, 1.82) is 0 Å². The summed E-state index contributed by atoms with van der Waals surface area (Å²) in [5.74, 6) is -0.206. The molecule has 0 bridgehead atoms. The van der Waals surface area contributed by atoms with Crippen LogP contribution < -0.4 is 10.2 Å². The van der Waals surface area contributed by atoms with Crippen molar-refractivity contribution >= 4 is 13.7 Å². The SMILES string of the molecule is CCCCCC/C=C/CC/C=C/C(O)C(COP(=O)([O-])OCC[N+](C)(C)C)NC(=O)CCCCCCCCCCCCCCCCCCCCCCCCCC. The van der Waals surface area contributed by atoms with E-state index in [1.54, 1.807) is 6.08 Å². The van der Waals surface area contributed by atoms with Crippen LogP contribution in [-0.2, 0) is 18.4 Å². The van der Waals surface area contributed by atoms with Gasteiger partial charge in [-0.1, -0.05) is 205 Å². The molecule has 3 atom stereocenters. The molecule has 1 amide bonds. The molecule has 9 heteroatoms. The lowest BCUT2D eigenvalue weighted by Crippen LogP contribution is -2.45. The molecule has 0 aliphatic carbocycles. The summed E-state index contributed by atoms with van der Waals surface area (Å²) in [6.07, 6.45) is 46.8. The predicted molar refractivity (Wildman–Crippen MR) is 238 cm³/mol. The standard InChI is InChI=1S/C47H93N2O6P/c1-6-8-10-12-14-16-18-19-20-21-22-23-24-25-26-27-28-29-30-31-33-35-37-39-41-47(51)48-45(44-55-56(52,53)54-43-42-49(3,4)5)46(50)40-38-36-34-32-17-15-13-11-9-7-2/h17,32,38,40,45-46,50H,6-16,18-31,33-37,39,41-44H2,1-5H3,(H-,48,51,52,53)/b32-17+,40-38+. The van der Waals surface area contributed by atoms with Crippen LogP contribution in [0.5, 0.6) is 0 Å². The van der Waals surface area contributed by atoms with Crippen molar-refractivity contribution in [1.82, 2.24) is 5.32 Å². The second-order valence-corrected chi connectivity index (χ2v) is 18.9. The first-order valence-electron chi connectivity index (χ1n) is 23.7.